The van der Waals surface area contributed by atoms with E-state index in [1.165, 1.54) is 10.8 Å². The van der Waals surface area contributed by atoms with Gasteiger partial charge in [0.25, 0.3) is 0 Å². The van der Waals surface area contributed by atoms with Gasteiger partial charge in [0, 0.05) is 4.98 Å². The molecule has 1 aliphatic rings. The van der Waals surface area contributed by atoms with Crippen LogP contribution in [0.1, 0.15) is 6.92 Å². The van der Waals surface area contributed by atoms with Crippen molar-refractivity contribution >= 4 is 11.8 Å². The summed E-state index contributed by atoms with van der Waals surface area (Å²) >= 11 is 0. The number of imidazole rings is 1. The third kappa shape index (κ3) is 1.32. The van der Waals surface area contributed by atoms with Crippen LogP contribution in [0.3, 0.4) is 0 Å². The SMILES string of the molecule is CC1(C(N)=C=O)Cn2cc([N+](=O)[O-])nc2O1. The summed E-state index contributed by atoms with van der Waals surface area (Å²) in [5, 5.41) is 10.4. The first-order valence-electron chi connectivity index (χ1n) is 4.38. The molecule has 8 nitrogen and oxygen atoms in total. The molecule has 1 unspecified atom stereocenters. The Hall–Kier alpha value is -2.34. The minimum absolute atomic E-state index is 0.0763. The molecule has 0 saturated carbocycles. The van der Waals surface area contributed by atoms with Gasteiger partial charge < -0.3 is 20.6 Å². The van der Waals surface area contributed by atoms with Crippen LogP contribution >= 0.6 is 0 Å². The molecule has 0 fully saturated rings. The van der Waals surface area contributed by atoms with Gasteiger partial charge in [-0.3, -0.25) is 4.57 Å². The predicted octanol–water partition coefficient (Wildman–Crippen LogP) is -0.383. The molecule has 2 heterocycles. The zero-order valence-electron chi connectivity index (χ0n) is 8.34. The van der Waals surface area contributed by atoms with Gasteiger partial charge >= 0.3 is 11.8 Å². The average molecular weight is 224 g/mol. The summed E-state index contributed by atoms with van der Waals surface area (Å²) in [7, 11) is 0. The Morgan fingerprint density at radius 1 is 1.88 bits per heavy atom. The van der Waals surface area contributed by atoms with Crippen LogP contribution < -0.4 is 10.5 Å². The zero-order valence-corrected chi connectivity index (χ0v) is 8.34. The van der Waals surface area contributed by atoms with E-state index in [0.717, 1.165) is 0 Å². The van der Waals surface area contributed by atoms with E-state index in [1.54, 1.807) is 12.9 Å². The molecule has 1 aromatic rings. The molecule has 1 aliphatic heterocycles. The zero-order chi connectivity index (χ0) is 11.9. The highest BCUT2D eigenvalue weighted by atomic mass is 16.6. The van der Waals surface area contributed by atoms with Gasteiger partial charge in [-0.1, -0.05) is 0 Å². The van der Waals surface area contributed by atoms with Crippen molar-refractivity contribution in [2.24, 2.45) is 5.73 Å². The topological polar surface area (TPSA) is 113 Å². The minimum atomic E-state index is -1.03. The summed E-state index contributed by atoms with van der Waals surface area (Å²) in [6.07, 6.45) is 1.23. The standard InChI is InChI=1S/C8H8N4O4/c1-8(5(9)3-13)4-11-2-6(12(14)15)10-7(11)16-8/h2H,4,9H2,1H3. The van der Waals surface area contributed by atoms with Crippen molar-refractivity contribution in [3.63, 3.8) is 0 Å². The molecule has 8 heteroatoms. The molecule has 84 valence electrons. The number of nitrogens with zero attached hydrogens (tertiary/aromatic N) is 3. The first-order chi connectivity index (χ1) is 7.46. The third-order valence-corrected chi connectivity index (χ3v) is 2.38. The molecular formula is C8H8N4O4. The van der Waals surface area contributed by atoms with Crippen LogP contribution in [0.4, 0.5) is 5.82 Å². The maximum Gasteiger partial charge on any atom is 0.415 e. The highest BCUT2D eigenvalue weighted by Crippen LogP contribution is 2.32. The highest BCUT2D eigenvalue weighted by molar-refractivity contribution is 5.55. The van der Waals surface area contributed by atoms with Crippen LogP contribution in [-0.4, -0.2) is 26.0 Å². The van der Waals surface area contributed by atoms with E-state index in [9.17, 15) is 14.9 Å². The van der Waals surface area contributed by atoms with Crippen LogP contribution in [0, 0.1) is 10.1 Å². The van der Waals surface area contributed by atoms with Gasteiger partial charge in [-0.15, -0.1) is 0 Å². The second-order valence-corrected chi connectivity index (χ2v) is 3.62. The van der Waals surface area contributed by atoms with Crippen molar-refractivity contribution in [3.05, 3.63) is 22.0 Å². The summed E-state index contributed by atoms with van der Waals surface area (Å²) in [4.78, 5) is 23.9. The quantitative estimate of drug-likeness (QED) is 0.416. The number of hydrogen-bond acceptors (Lipinski definition) is 6. The van der Waals surface area contributed by atoms with Crippen molar-refractivity contribution in [2.75, 3.05) is 0 Å². The minimum Gasteiger partial charge on any atom is -0.430 e. The van der Waals surface area contributed by atoms with Crippen LogP contribution in [-0.2, 0) is 11.3 Å². The van der Waals surface area contributed by atoms with Crippen LogP contribution in [0.15, 0.2) is 11.9 Å². The number of nitro groups is 1. The predicted molar refractivity (Wildman–Crippen MR) is 51.3 cm³/mol. The Kier molecular flexibility index (Phi) is 1.96. The fourth-order valence-electron chi connectivity index (χ4n) is 1.48. The van der Waals surface area contributed by atoms with E-state index in [0.29, 0.717) is 0 Å². The van der Waals surface area contributed by atoms with E-state index < -0.39 is 10.5 Å². The molecule has 0 aromatic carbocycles. The Morgan fingerprint density at radius 3 is 3.06 bits per heavy atom. The molecular weight excluding hydrogens is 216 g/mol. The molecule has 0 amide bonds. The van der Waals surface area contributed by atoms with Crippen LogP contribution in [0.25, 0.3) is 0 Å². The molecule has 0 bridgehead atoms. The third-order valence-electron chi connectivity index (χ3n) is 2.38. The Bertz CT molecular complexity index is 491. The van der Waals surface area contributed by atoms with Gasteiger partial charge in [-0.25, -0.2) is 4.79 Å². The molecule has 1 aromatic heterocycles. The lowest BCUT2D eigenvalue weighted by molar-refractivity contribution is -0.389. The first kappa shape index (κ1) is 10.2. The Labute approximate surface area is 89.5 Å². The lowest BCUT2D eigenvalue weighted by atomic mass is 10.0. The molecule has 0 radical (unpaired) electrons. The number of hydrogen-bond donors (Lipinski definition) is 1. The lowest BCUT2D eigenvalue weighted by Gasteiger charge is -2.19. The smallest absolute Gasteiger partial charge is 0.415 e. The van der Waals surface area contributed by atoms with Crippen LogP contribution in [0.5, 0.6) is 6.01 Å². The number of nitrogens with two attached hydrogens (primary N) is 1. The van der Waals surface area contributed by atoms with E-state index >= 15 is 0 Å². The monoisotopic (exact) mass is 224 g/mol. The lowest BCUT2D eigenvalue weighted by Crippen LogP contribution is -2.38. The van der Waals surface area contributed by atoms with E-state index in [4.69, 9.17) is 10.5 Å². The second kappa shape index (κ2) is 3.07. The van der Waals surface area contributed by atoms with Crippen LogP contribution in [0.2, 0.25) is 0 Å². The van der Waals surface area contributed by atoms with Crippen molar-refractivity contribution < 1.29 is 14.5 Å². The van der Waals surface area contributed by atoms with Gasteiger partial charge in [0.1, 0.15) is 17.8 Å². The molecule has 0 saturated heterocycles. The number of fused-ring (bicyclic) bond motifs is 1. The number of ether oxygens (including phenoxy) is 1. The van der Waals surface area contributed by atoms with Gasteiger partial charge in [0.15, 0.2) is 5.60 Å². The first-order valence-corrected chi connectivity index (χ1v) is 4.38. The molecule has 16 heavy (non-hydrogen) atoms. The number of rotatable bonds is 2. The number of carbonyl (C=O) groups excluding carboxylic acids is 1. The second-order valence-electron chi connectivity index (χ2n) is 3.62. The van der Waals surface area contributed by atoms with E-state index in [2.05, 4.69) is 4.98 Å². The fraction of sp³-hybridized carbons (Fsp3) is 0.375. The van der Waals surface area contributed by atoms with Gasteiger partial charge in [0.05, 0.1) is 6.54 Å². The highest BCUT2D eigenvalue weighted by Gasteiger charge is 2.43. The molecule has 1 atom stereocenters. The fourth-order valence-corrected chi connectivity index (χ4v) is 1.48. The summed E-state index contributed by atoms with van der Waals surface area (Å²) in [5.41, 5.74) is 4.32. The maximum absolute atomic E-state index is 10.4. The van der Waals surface area contributed by atoms with Gasteiger partial charge in [0.2, 0.25) is 0 Å². The van der Waals surface area contributed by atoms with Gasteiger partial charge in [-0.05, 0) is 11.8 Å². The molecule has 2 N–H and O–H groups in total. The Balaban J connectivity index is 2.33. The Morgan fingerprint density at radius 2 is 2.56 bits per heavy atom. The summed E-state index contributed by atoms with van der Waals surface area (Å²) < 4.78 is 6.73. The van der Waals surface area contributed by atoms with Crippen molar-refractivity contribution in [1.82, 2.24) is 9.55 Å². The molecule has 0 spiro atoms. The largest absolute Gasteiger partial charge is 0.430 e. The van der Waals surface area contributed by atoms with E-state index in [-0.39, 0.29) is 24.1 Å². The maximum atomic E-state index is 10.4. The normalized spacial score (nSPS) is 22.1. The van der Waals surface area contributed by atoms with Crippen molar-refractivity contribution in [1.29, 1.82) is 0 Å². The van der Waals surface area contributed by atoms with Crippen molar-refractivity contribution in [2.45, 2.75) is 19.1 Å². The van der Waals surface area contributed by atoms with E-state index in [1.807, 2.05) is 0 Å². The van der Waals surface area contributed by atoms with Crippen molar-refractivity contribution in [3.8, 4) is 6.01 Å². The van der Waals surface area contributed by atoms with Gasteiger partial charge in [-0.2, -0.15) is 0 Å². The molecule has 0 aliphatic carbocycles. The summed E-state index contributed by atoms with van der Waals surface area (Å²) in [6, 6.07) is 0.0763. The summed E-state index contributed by atoms with van der Waals surface area (Å²) in [6.45, 7) is 1.79. The molecule has 2 rings (SSSR count). The average Bonchev–Trinajstić information content (AvgIpc) is 2.71. The number of aromatic nitrogens is 2. The summed E-state index contributed by atoms with van der Waals surface area (Å²) in [5.74, 6) is 1.25.